The summed E-state index contributed by atoms with van der Waals surface area (Å²) >= 11 is 0. The van der Waals surface area contributed by atoms with E-state index in [4.69, 9.17) is 0 Å². The Hall–Kier alpha value is -1.65. The van der Waals surface area contributed by atoms with Gasteiger partial charge in [0.05, 0.1) is 13.6 Å². The van der Waals surface area contributed by atoms with Crippen LogP contribution in [0, 0.1) is 11.8 Å². The van der Waals surface area contributed by atoms with Crippen LogP contribution in [0.25, 0.3) is 0 Å². The van der Waals surface area contributed by atoms with E-state index in [2.05, 4.69) is 31.0 Å². The molecule has 1 spiro atoms. The van der Waals surface area contributed by atoms with E-state index in [1.54, 1.807) is 0 Å². The number of fused-ring (bicyclic) bond motifs is 3. The van der Waals surface area contributed by atoms with Gasteiger partial charge in [-0.05, 0) is 30.5 Å². The molecule has 2 bridgehead atoms. The Kier molecular flexibility index (Phi) is 3.09. The summed E-state index contributed by atoms with van der Waals surface area (Å²) in [5, 5.41) is 10.2. The van der Waals surface area contributed by atoms with Crippen molar-refractivity contribution in [1.82, 2.24) is 0 Å². The fourth-order valence-electron chi connectivity index (χ4n) is 6.49. The highest BCUT2D eigenvalue weighted by molar-refractivity contribution is 6.14. The van der Waals surface area contributed by atoms with E-state index in [1.165, 1.54) is 5.57 Å². The van der Waals surface area contributed by atoms with Crippen LogP contribution in [0.5, 0.6) is 0 Å². The topological polar surface area (TPSA) is 40.5 Å². The number of nitrogens with zero attached hydrogens (tertiary/aromatic N) is 2. The van der Waals surface area contributed by atoms with Crippen LogP contribution in [0.15, 0.2) is 35.9 Å². The molecule has 4 nitrogen and oxygen atoms in total. The van der Waals surface area contributed by atoms with E-state index < -0.39 is 0 Å². The molecule has 5 atom stereocenters. The quantitative estimate of drug-likeness (QED) is 0.630. The monoisotopic (exact) mass is 339 g/mol. The van der Waals surface area contributed by atoms with Gasteiger partial charge in [-0.1, -0.05) is 18.2 Å². The molecule has 0 aromatic heterocycles. The second-order valence-corrected chi connectivity index (χ2v) is 8.66. The molecule has 2 unspecified atom stereocenters. The van der Waals surface area contributed by atoms with Crippen molar-refractivity contribution in [3.05, 3.63) is 41.5 Å². The number of carbonyl (C=O) groups is 1. The number of allylic oxidation sites excluding steroid dienone is 1. The van der Waals surface area contributed by atoms with E-state index in [0.717, 1.165) is 48.2 Å². The van der Waals surface area contributed by atoms with E-state index in [1.807, 2.05) is 18.2 Å². The Labute approximate surface area is 149 Å². The van der Waals surface area contributed by atoms with Gasteiger partial charge in [-0.3, -0.25) is 4.79 Å². The number of benzene rings is 1. The summed E-state index contributed by atoms with van der Waals surface area (Å²) in [5.41, 5.74) is 3.08. The summed E-state index contributed by atoms with van der Waals surface area (Å²) in [6, 6.07) is 8.45. The smallest absolute Gasteiger partial charge is 0.196 e. The first-order valence-electron chi connectivity index (χ1n) is 9.57. The molecule has 5 rings (SSSR count). The van der Waals surface area contributed by atoms with Crippen LogP contribution >= 0.6 is 0 Å². The molecule has 25 heavy (non-hydrogen) atoms. The normalized spacial score (nSPS) is 43.2. The van der Waals surface area contributed by atoms with E-state index >= 15 is 0 Å². The van der Waals surface area contributed by atoms with Gasteiger partial charge in [-0.15, -0.1) is 0 Å². The third-order valence-corrected chi connectivity index (χ3v) is 7.71. The number of likely N-dealkylation sites (N-methyl/N-ethyl adjacent to an activating group) is 1. The summed E-state index contributed by atoms with van der Waals surface area (Å²) in [5.74, 6) is 0.948. The van der Waals surface area contributed by atoms with Gasteiger partial charge < -0.3 is 14.5 Å². The lowest BCUT2D eigenvalue weighted by molar-refractivity contribution is -0.922. The van der Waals surface area contributed by atoms with Crippen molar-refractivity contribution >= 4 is 11.5 Å². The molecule has 0 aliphatic carbocycles. The van der Waals surface area contributed by atoms with Crippen molar-refractivity contribution in [2.75, 3.05) is 38.2 Å². The molecular formula is C21H27N2O2+. The van der Waals surface area contributed by atoms with Crippen molar-refractivity contribution < 1.29 is 14.4 Å². The maximum absolute atomic E-state index is 13.6. The van der Waals surface area contributed by atoms with Crippen molar-refractivity contribution in [2.24, 2.45) is 11.8 Å². The number of carbonyl (C=O) groups excluding carboxylic acids is 1. The molecule has 0 saturated carbocycles. The molecule has 4 aliphatic heterocycles. The number of ketones is 1. The highest BCUT2D eigenvalue weighted by atomic mass is 16.3. The van der Waals surface area contributed by atoms with Gasteiger partial charge in [0.25, 0.3) is 0 Å². The second kappa shape index (κ2) is 4.95. The molecular weight excluding hydrogens is 312 g/mol. The summed E-state index contributed by atoms with van der Waals surface area (Å²) in [6.45, 7) is 5.21. The highest BCUT2D eigenvalue weighted by Gasteiger charge is 2.69. The standard InChI is InChI=1S/C21H27N2O2/c1-3-14-12-23(2)9-8-21-19(23)10-17(14)15(13-24)11-22(21)18-7-5-4-6-16(18)20(21)25/h3-7,15,17,19,24H,8-13H2,1-2H3/q+1/b14-3-/t15-,17-,19?,21+,23?/m0/s1. The van der Waals surface area contributed by atoms with Crippen molar-refractivity contribution in [3.63, 3.8) is 0 Å². The molecule has 4 heteroatoms. The first-order chi connectivity index (χ1) is 12.0. The summed E-state index contributed by atoms with van der Waals surface area (Å²) in [7, 11) is 2.34. The number of para-hydroxylation sites is 1. The number of hydrogen-bond donors (Lipinski definition) is 1. The van der Waals surface area contributed by atoms with Gasteiger partial charge in [0.1, 0.15) is 12.6 Å². The average Bonchev–Trinajstić information content (AvgIpc) is 3.01. The highest BCUT2D eigenvalue weighted by Crippen LogP contribution is 2.56. The third kappa shape index (κ3) is 1.72. The van der Waals surface area contributed by atoms with Gasteiger partial charge in [-0.25, -0.2) is 0 Å². The maximum atomic E-state index is 13.6. The number of aliphatic hydroxyl groups is 1. The molecule has 4 heterocycles. The second-order valence-electron chi connectivity index (χ2n) is 8.66. The lowest BCUT2D eigenvalue weighted by atomic mass is 9.74. The Morgan fingerprint density at radius 1 is 1.40 bits per heavy atom. The van der Waals surface area contributed by atoms with Crippen LogP contribution in [0.2, 0.25) is 0 Å². The Morgan fingerprint density at radius 3 is 2.96 bits per heavy atom. The van der Waals surface area contributed by atoms with Gasteiger partial charge in [0.15, 0.2) is 11.3 Å². The molecule has 0 amide bonds. The lowest BCUT2D eigenvalue weighted by Crippen LogP contribution is -2.64. The maximum Gasteiger partial charge on any atom is 0.196 e. The largest absolute Gasteiger partial charge is 0.396 e. The minimum absolute atomic E-state index is 0.196. The fraction of sp³-hybridized carbons (Fsp3) is 0.571. The molecule has 4 aliphatic rings. The number of anilines is 1. The zero-order valence-electron chi connectivity index (χ0n) is 15.1. The van der Waals surface area contributed by atoms with Crippen molar-refractivity contribution in [3.8, 4) is 0 Å². The molecule has 1 aromatic carbocycles. The summed E-state index contributed by atoms with van der Waals surface area (Å²) in [4.78, 5) is 16.0. The predicted octanol–water partition coefficient (Wildman–Crippen LogP) is 2.24. The molecule has 0 radical (unpaired) electrons. The van der Waals surface area contributed by atoms with Gasteiger partial charge in [0, 0.05) is 43.2 Å². The molecule has 3 saturated heterocycles. The number of Topliss-reactive ketones (excluding diaryl/α,β-unsaturated/α-hetero) is 1. The van der Waals surface area contributed by atoms with E-state index in [0.29, 0.717) is 17.7 Å². The first kappa shape index (κ1) is 15.6. The van der Waals surface area contributed by atoms with Crippen molar-refractivity contribution in [2.45, 2.75) is 31.3 Å². The zero-order valence-corrected chi connectivity index (χ0v) is 15.1. The SMILES string of the molecule is C/C=C1/C[N+]2(C)CC[C@@]34C(=O)c5ccccc5N3C[C@@H](CO)[C@H]1CC42. The Morgan fingerprint density at radius 2 is 2.20 bits per heavy atom. The molecule has 3 fully saturated rings. The number of hydrogen-bond acceptors (Lipinski definition) is 3. The Balaban J connectivity index is 1.74. The van der Waals surface area contributed by atoms with Crippen molar-refractivity contribution in [1.29, 1.82) is 0 Å². The van der Waals surface area contributed by atoms with Crippen LogP contribution in [0.3, 0.4) is 0 Å². The van der Waals surface area contributed by atoms with Crippen LogP contribution in [-0.2, 0) is 0 Å². The van der Waals surface area contributed by atoms with E-state index in [-0.39, 0.29) is 18.1 Å². The van der Waals surface area contributed by atoms with Crippen LogP contribution in [-0.4, -0.2) is 60.2 Å². The fourth-order valence-corrected chi connectivity index (χ4v) is 6.49. The number of rotatable bonds is 1. The molecule has 1 aromatic rings. The van der Waals surface area contributed by atoms with Gasteiger partial charge in [-0.2, -0.15) is 0 Å². The minimum atomic E-state index is -0.389. The van der Waals surface area contributed by atoms with Gasteiger partial charge in [0.2, 0.25) is 0 Å². The first-order valence-corrected chi connectivity index (χ1v) is 9.57. The van der Waals surface area contributed by atoms with Gasteiger partial charge >= 0.3 is 0 Å². The molecule has 132 valence electrons. The third-order valence-electron chi connectivity index (χ3n) is 7.71. The predicted molar refractivity (Wildman–Crippen MR) is 97.6 cm³/mol. The van der Waals surface area contributed by atoms with Crippen LogP contribution in [0.4, 0.5) is 5.69 Å². The lowest BCUT2D eigenvalue weighted by Gasteiger charge is -2.47. The number of aliphatic hydroxyl groups excluding tert-OH is 1. The summed E-state index contributed by atoms with van der Waals surface area (Å²) < 4.78 is 0.977. The number of quaternary nitrogens is 1. The average molecular weight is 339 g/mol. The zero-order chi connectivity index (χ0) is 17.4. The molecule has 1 N–H and O–H groups in total. The van der Waals surface area contributed by atoms with Crippen LogP contribution in [0.1, 0.15) is 30.1 Å². The summed E-state index contributed by atoms with van der Waals surface area (Å²) in [6.07, 6.45) is 4.23. The van der Waals surface area contributed by atoms with Crippen LogP contribution < -0.4 is 4.90 Å². The Bertz CT molecular complexity index is 788. The van der Waals surface area contributed by atoms with E-state index in [9.17, 15) is 9.90 Å². The number of piperidine rings is 1. The minimum Gasteiger partial charge on any atom is -0.396 e.